The van der Waals surface area contributed by atoms with E-state index in [0.29, 0.717) is 26.4 Å². The van der Waals surface area contributed by atoms with Crippen LogP contribution in [-0.4, -0.2) is 13.2 Å². The van der Waals surface area contributed by atoms with Crippen molar-refractivity contribution in [3.05, 3.63) is 72.8 Å². The van der Waals surface area contributed by atoms with Gasteiger partial charge in [-0.2, -0.15) is 0 Å². The van der Waals surface area contributed by atoms with Crippen LogP contribution in [0, 0.1) is 0 Å². The normalized spacial score (nSPS) is 10.6. The molecule has 0 N–H and O–H groups in total. The zero-order valence-corrected chi connectivity index (χ0v) is 11.7. The first-order chi connectivity index (χ1) is 9.83. The number of benzene rings is 2. The molecule has 0 aliphatic carbocycles. The summed E-state index contributed by atoms with van der Waals surface area (Å²) in [6.07, 6.45) is 3.52. The van der Waals surface area contributed by atoms with Crippen LogP contribution in [0.1, 0.15) is 11.1 Å². The molecule has 0 amide bonds. The second-order valence-electron chi connectivity index (χ2n) is 4.62. The van der Waals surface area contributed by atoms with E-state index in [1.807, 2.05) is 0 Å². The number of fused-ring (bicyclic) bond motifs is 1. The van der Waals surface area contributed by atoms with E-state index >= 15 is 0 Å². The molecule has 0 aliphatic heterocycles. The smallest absolute Gasteiger partial charge is 0.0721 e. The Balaban J connectivity index is 2.08. The summed E-state index contributed by atoms with van der Waals surface area (Å²) in [5.74, 6) is 0. The predicted octanol–water partition coefficient (Wildman–Crippen LogP) is 4.25. The summed E-state index contributed by atoms with van der Waals surface area (Å²) in [7, 11) is 0. The number of hydrogen-bond acceptors (Lipinski definition) is 2. The molecule has 0 unspecified atom stereocenters. The summed E-state index contributed by atoms with van der Waals surface area (Å²) in [6, 6.07) is 12.8. The Hall–Kier alpha value is -1.90. The van der Waals surface area contributed by atoms with E-state index in [0.717, 1.165) is 0 Å². The molecule has 2 nitrogen and oxygen atoms in total. The van der Waals surface area contributed by atoms with E-state index in [1.54, 1.807) is 12.2 Å². The van der Waals surface area contributed by atoms with Gasteiger partial charge in [-0.1, -0.05) is 36.4 Å². The van der Waals surface area contributed by atoms with Gasteiger partial charge in [0.05, 0.1) is 26.4 Å². The molecule has 0 spiro atoms. The van der Waals surface area contributed by atoms with Crippen LogP contribution in [-0.2, 0) is 22.7 Å². The van der Waals surface area contributed by atoms with Gasteiger partial charge in [0.2, 0.25) is 0 Å². The van der Waals surface area contributed by atoms with E-state index in [-0.39, 0.29) is 0 Å². The highest BCUT2D eigenvalue weighted by Crippen LogP contribution is 2.19. The number of rotatable bonds is 8. The van der Waals surface area contributed by atoms with Gasteiger partial charge >= 0.3 is 0 Å². The van der Waals surface area contributed by atoms with Gasteiger partial charge in [-0.15, -0.1) is 13.2 Å². The molecule has 0 aliphatic rings. The Morgan fingerprint density at radius 2 is 1.20 bits per heavy atom. The minimum absolute atomic E-state index is 0.581. The average molecular weight is 268 g/mol. The molecule has 20 heavy (non-hydrogen) atoms. The van der Waals surface area contributed by atoms with Crippen molar-refractivity contribution in [3.63, 3.8) is 0 Å². The van der Waals surface area contributed by atoms with Gasteiger partial charge < -0.3 is 9.47 Å². The van der Waals surface area contributed by atoms with Gasteiger partial charge in [0.1, 0.15) is 0 Å². The van der Waals surface area contributed by atoms with Gasteiger partial charge in [0, 0.05) is 0 Å². The van der Waals surface area contributed by atoms with Crippen molar-refractivity contribution >= 4 is 10.8 Å². The summed E-state index contributed by atoms with van der Waals surface area (Å²) in [6.45, 7) is 9.67. The molecule has 0 radical (unpaired) electrons. The third-order valence-electron chi connectivity index (χ3n) is 2.98. The molecule has 0 saturated heterocycles. The van der Waals surface area contributed by atoms with Crippen LogP contribution >= 0.6 is 0 Å². The molecule has 0 heterocycles. The zero-order valence-electron chi connectivity index (χ0n) is 11.7. The van der Waals surface area contributed by atoms with Gasteiger partial charge in [0.15, 0.2) is 0 Å². The topological polar surface area (TPSA) is 18.5 Å². The van der Waals surface area contributed by atoms with Crippen LogP contribution in [0.5, 0.6) is 0 Å². The molecule has 2 aromatic carbocycles. The summed E-state index contributed by atoms with van der Waals surface area (Å²) >= 11 is 0. The molecule has 0 fully saturated rings. The fourth-order valence-electron chi connectivity index (χ4n) is 2.04. The molecular formula is C18H20O2. The summed E-state index contributed by atoms with van der Waals surface area (Å²) < 4.78 is 10.9. The fourth-order valence-corrected chi connectivity index (χ4v) is 2.04. The highest BCUT2D eigenvalue weighted by atomic mass is 16.5. The largest absolute Gasteiger partial charge is 0.373 e. The Bertz CT molecular complexity index is 534. The summed E-state index contributed by atoms with van der Waals surface area (Å²) in [5, 5.41) is 2.44. The van der Waals surface area contributed by atoms with E-state index in [2.05, 4.69) is 49.6 Å². The van der Waals surface area contributed by atoms with Crippen molar-refractivity contribution < 1.29 is 9.47 Å². The third kappa shape index (κ3) is 4.05. The lowest BCUT2D eigenvalue weighted by atomic mass is 10.0. The van der Waals surface area contributed by atoms with E-state index < -0.39 is 0 Å². The monoisotopic (exact) mass is 268 g/mol. The maximum Gasteiger partial charge on any atom is 0.0721 e. The lowest BCUT2D eigenvalue weighted by molar-refractivity contribution is 0.149. The van der Waals surface area contributed by atoms with Crippen molar-refractivity contribution in [2.24, 2.45) is 0 Å². The van der Waals surface area contributed by atoms with Crippen LogP contribution in [0.3, 0.4) is 0 Å². The number of hydrogen-bond donors (Lipinski definition) is 0. The Morgan fingerprint density at radius 1 is 0.750 bits per heavy atom. The van der Waals surface area contributed by atoms with Gasteiger partial charge in [-0.05, 0) is 34.0 Å². The minimum atomic E-state index is 0.581. The third-order valence-corrected chi connectivity index (χ3v) is 2.98. The molecule has 2 rings (SSSR count). The molecule has 0 atom stereocenters. The average Bonchev–Trinajstić information content (AvgIpc) is 2.48. The fraction of sp³-hybridized carbons (Fsp3) is 0.222. The van der Waals surface area contributed by atoms with Crippen LogP contribution in [0.4, 0.5) is 0 Å². The lowest BCUT2D eigenvalue weighted by Gasteiger charge is -2.07. The van der Waals surface area contributed by atoms with Crippen LogP contribution < -0.4 is 0 Å². The lowest BCUT2D eigenvalue weighted by Crippen LogP contribution is -1.94. The second kappa shape index (κ2) is 7.63. The Morgan fingerprint density at radius 3 is 1.60 bits per heavy atom. The highest BCUT2D eigenvalue weighted by molar-refractivity contribution is 5.83. The Kier molecular flexibility index (Phi) is 5.54. The molecule has 0 aromatic heterocycles. The number of ether oxygens (including phenoxy) is 2. The summed E-state index contributed by atoms with van der Waals surface area (Å²) in [4.78, 5) is 0. The van der Waals surface area contributed by atoms with Crippen LogP contribution in [0.15, 0.2) is 61.7 Å². The summed E-state index contributed by atoms with van der Waals surface area (Å²) in [5.41, 5.74) is 2.35. The van der Waals surface area contributed by atoms with E-state index in [4.69, 9.17) is 9.47 Å². The molecular weight excluding hydrogens is 248 g/mol. The first kappa shape index (κ1) is 14.5. The van der Waals surface area contributed by atoms with Crippen molar-refractivity contribution in [2.75, 3.05) is 13.2 Å². The van der Waals surface area contributed by atoms with Crippen LogP contribution in [0.2, 0.25) is 0 Å². The van der Waals surface area contributed by atoms with Gasteiger partial charge in [-0.3, -0.25) is 0 Å². The SMILES string of the molecule is C=CCOCc1ccc2cc(COCC=C)ccc2c1. The molecule has 2 aromatic rings. The molecule has 104 valence electrons. The Labute approximate surface area is 120 Å². The first-order valence-electron chi connectivity index (χ1n) is 6.72. The minimum Gasteiger partial charge on any atom is -0.373 e. The maximum atomic E-state index is 5.46. The van der Waals surface area contributed by atoms with Crippen molar-refractivity contribution in [3.8, 4) is 0 Å². The zero-order chi connectivity index (χ0) is 14.2. The van der Waals surface area contributed by atoms with E-state index in [9.17, 15) is 0 Å². The first-order valence-corrected chi connectivity index (χ1v) is 6.72. The van der Waals surface area contributed by atoms with Crippen molar-refractivity contribution in [1.29, 1.82) is 0 Å². The standard InChI is InChI=1S/C18H20O2/c1-3-9-19-13-15-5-7-18-12-16(14-20-10-4-2)6-8-17(18)11-15/h3-8,11-12H,1-2,9-10,13-14H2. The molecule has 2 heteroatoms. The predicted molar refractivity (Wildman–Crippen MR) is 83.7 cm³/mol. The van der Waals surface area contributed by atoms with Crippen molar-refractivity contribution in [1.82, 2.24) is 0 Å². The quantitative estimate of drug-likeness (QED) is 0.526. The molecule has 0 bridgehead atoms. The van der Waals surface area contributed by atoms with Crippen molar-refractivity contribution in [2.45, 2.75) is 13.2 Å². The van der Waals surface area contributed by atoms with Crippen LogP contribution in [0.25, 0.3) is 10.8 Å². The van der Waals surface area contributed by atoms with Gasteiger partial charge in [-0.25, -0.2) is 0 Å². The van der Waals surface area contributed by atoms with Gasteiger partial charge in [0.25, 0.3) is 0 Å². The maximum absolute atomic E-state index is 5.46. The highest BCUT2D eigenvalue weighted by Gasteiger charge is 1.99. The van der Waals surface area contributed by atoms with E-state index in [1.165, 1.54) is 21.9 Å². The molecule has 0 saturated carbocycles. The second-order valence-corrected chi connectivity index (χ2v) is 4.62.